The second-order valence-corrected chi connectivity index (χ2v) is 8.17. The largest absolute Gasteiger partial charge is 0.484 e. The lowest BCUT2D eigenvalue weighted by atomic mass is 10.0. The summed E-state index contributed by atoms with van der Waals surface area (Å²) in [7, 11) is 2.88. The first-order valence-corrected chi connectivity index (χ1v) is 11.3. The van der Waals surface area contributed by atoms with Gasteiger partial charge in [0.25, 0.3) is 11.8 Å². The Hall–Kier alpha value is -3.62. The minimum Gasteiger partial charge on any atom is -0.484 e. The number of amides is 2. The van der Waals surface area contributed by atoms with Crippen LogP contribution >= 0.6 is 11.6 Å². The molecule has 0 atom stereocenters. The molecule has 3 rings (SSSR count). The number of rotatable bonds is 10. The summed E-state index contributed by atoms with van der Waals surface area (Å²) < 4.78 is 15.5. The Balaban J connectivity index is 1.68. The summed E-state index contributed by atoms with van der Waals surface area (Å²) in [5.41, 5.74) is 2.33. The average Bonchev–Trinajstić information content (AvgIpc) is 3.07. The molecule has 184 valence electrons. The van der Waals surface area contributed by atoms with E-state index in [0.29, 0.717) is 47.3 Å². The van der Waals surface area contributed by atoms with Crippen LogP contribution in [0.1, 0.15) is 18.9 Å². The van der Waals surface area contributed by atoms with Crippen LogP contribution in [0.4, 0.5) is 5.69 Å². The van der Waals surface area contributed by atoms with Gasteiger partial charge in [-0.1, -0.05) is 29.8 Å². The van der Waals surface area contributed by atoms with Crippen molar-refractivity contribution < 1.29 is 28.6 Å². The van der Waals surface area contributed by atoms with Crippen molar-refractivity contribution in [1.29, 1.82) is 0 Å². The van der Waals surface area contributed by atoms with E-state index in [1.807, 2.05) is 0 Å². The molecule has 2 amide bonds. The van der Waals surface area contributed by atoms with Gasteiger partial charge in [0.05, 0.1) is 18.3 Å². The van der Waals surface area contributed by atoms with Gasteiger partial charge in [-0.3, -0.25) is 9.59 Å². The monoisotopic (exact) mass is 498 g/mol. The molecule has 2 aromatic rings. The standard InChI is InChI=1S/C26H27ClN2O6/c1-17-24(26(32)34-3)22(25(31)29(17)12-5-13-33-2)14-18-8-10-21(11-9-18)35-16-23(30)28-20-7-4-6-19(27)15-20/h4,6-11,14-15H,5,12-13,16H2,1-3H3,(H,28,30)/b22-14-. The maximum atomic E-state index is 13.1. The zero-order valence-electron chi connectivity index (χ0n) is 19.8. The molecular weight excluding hydrogens is 472 g/mol. The van der Waals surface area contributed by atoms with Crippen molar-refractivity contribution in [3.05, 3.63) is 76.0 Å². The predicted molar refractivity (Wildman–Crippen MR) is 133 cm³/mol. The topological polar surface area (TPSA) is 94.2 Å². The van der Waals surface area contributed by atoms with Gasteiger partial charge in [-0.25, -0.2) is 4.79 Å². The lowest BCUT2D eigenvalue weighted by Gasteiger charge is -2.17. The third kappa shape index (κ3) is 6.71. The van der Waals surface area contributed by atoms with Crippen molar-refractivity contribution in [2.75, 3.05) is 39.3 Å². The van der Waals surface area contributed by atoms with E-state index >= 15 is 0 Å². The van der Waals surface area contributed by atoms with Gasteiger partial charge < -0.3 is 24.4 Å². The molecule has 35 heavy (non-hydrogen) atoms. The number of hydrogen-bond acceptors (Lipinski definition) is 6. The number of halogens is 1. The molecule has 1 heterocycles. The number of hydrogen-bond donors (Lipinski definition) is 1. The number of methoxy groups -OCH3 is 2. The van der Waals surface area contributed by atoms with Crippen molar-refractivity contribution in [3.63, 3.8) is 0 Å². The number of benzene rings is 2. The van der Waals surface area contributed by atoms with Gasteiger partial charge in [0.1, 0.15) is 5.75 Å². The van der Waals surface area contributed by atoms with Crippen molar-refractivity contribution in [1.82, 2.24) is 4.90 Å². The van der Waals surface area contributed by atoms with Crippen LogP contribution in [0.5, 0.6) is 5.75 Å². The molecule has 2 aromatic carbocycles. The van der Waals surface area contributed by atoms with Gasteiger partial charge >= 0.3 is 5.97 Å². The molecule has 0 unspecified atom stereocenters. The molecule has 0 bridgehead atoms. The summed E-state index contributed by atoms with van der Waals surface area (Å²) in [6.07, 6.45) is 2.28. The van der Waals surface area contributed by atoms with Crippen molar-refractivity contribution in [3.8, 4) is 5.75 Å². The van der Waals surface area contributed by atoms with E-state index in [0.717, 1.165) is 0 Å². The van der Waals surface area contributed by atoms with E-state index in [9.17, 15) is 14.4 Å². The van der Waals surface area contributed by atoms with Crippen LogP contribution in [-0.2, 0) is 23.9 Å². The highest BCUT2D eigenvalue weighted by Crippen LogP contribution is 2.32. The van der Waals surface area contributed by atoms with E-state index < -0.39 is 5.97 Å². The fraction of sp³-hybridized carbons (Fsp3) is 0.269. The fourth-order valence-corrected chi connectivity index (χ4v) is 3.79. The van der Waals surface area contributed by atoms with E-state index in [1.54, 1.807) is 73.5 Å². The molecule has 1 aliphatic heterocycles. The lowest BCUT2D eigenvalue weighted by Crippen LogP contribution is -2.26. The number of carbonyl (C=O) groups excluding carboxylic acids is 3. The molecule has 1 N–H and O–H groups in total. The SMILES string of the molecule is COCCCN1C(=O)/C(=C\c2ccc(OCC(=O)Nc3cccc(Cl)c3)cc2)C(C(=O)OC)=C1C. The summed E-state index contributed by atoms with van der Waals surface area (Å²) in [6.45, 7) is 2.47. The number of ether oxygens (including phenoxy) is 3. The van der Waals surface area contributed by atoms with Crippen LogP contribution in [0.15, 0.2) is 65.4 Å². The number of carbonyl (C=O) groups is 3. The molecular formula is C26H27ClN2O6. The highest BCUT2D eigenvalue weighted by Gasteiger charge is 2.36. The van der Waals surface area contributed by atoms with Crippen LogP contribution in [0, 0.1) is 0 Å². The molecule has 8 nitrogen and oxygen atoms in total. The number of allylic oxidation sites excluding steroid dienone is 1. The minimum atomic E-state index is -0.568. The number of nitrogens with zero attached hydrogens (tertiary/aromatic N) is 1. The Morgan fingerprint density at radius 2 is 1.86 bits per heavy atom. The summed E-state index contributed by atoms with van der Waals surface area (Å²) in [5.74, 6) is -0.682. The summed E-state index contributed by atoms with van der Waals surface area (Å²) in [4.78, 5) is 39.1. The zero-order valence-corrected chi connectivity index (χ0v) is 20.6. The van der Waals surface area contributed by atoms with Gasteiger partial charge in [-0.2, -0.15) is 0 Å². The lowest BCUT2D eigenvalue weighted by molar-refractivity contribution is -0.136. The number of nitrogens with one attached hydrogen (secondary N) is 1. The first-order valence-electron chi connectivity index (χ1n) is 10.9. The van der Waals surface area contributed by atoms with Gasteiger partial charge in [0.2, 0.25) is 0 Å². The van der Waals surface area contributed by atoms with Gasteiger partial charge in [0.15, 0.2) is 6.61 Å². The first-order chi connectivity index (χ1) is 16.8. The average molecular weight is 499 g/mol. The molecule has 0 radical (unpaired) electrons. The smallest absolute Gasteiger partial charge is 0.340 e. The Kier molecular flexibility index (Phi) is 9.05. The van der Waals surface area contributed by atoms with Crippen molar-refractivity contribution >= 4 is 41.1 Å². The van der Waals surface area contributed by atoms with E-state index in [4.69, 9.17) is 25.8 Å². The predicted octanol–water partition coefficient (Wildman–Crippen LogP) is 4.07. The molecule has 1 aliphatic rings. The summed E-state index contributed by atoms with van der Waals surface area (Å²) in [5, 5.41) is 3.23. The quantitative estimate of drug-likeness (QED) is 0.301. The maximum Gasteiger partial charge on any atom is 0.340 e. The van der Waals surface area contributed by atoms with Crippen molar-refractivity contribution in [2.45, 2.75) is 13.3 Å². The molecule has 0 aromatic heterocycles. The summed E-state index contributed by atoms with van der Waals surface area (Å²) in [6, 6.07) is 13.7. The van der Waals surface area contributed by atoms with E-state index in [1.165, 1.54) is 7.11 Å². The Bertz CT molecular complexity index is 1160. The third-order valence-corrected chi connectivity index (χ3v) is 5.54. The molecule has 9 heteroatoms. The molecule has 0 spiro atoms. The Labute approximate surface area is 209 Å². The summed E-state index contributed by atoms with van der Waals surface area (Å²) >= 11 is 5.92. The number of anilines is 1. The van der Waals surface area contributed by atoms with Crippen LogP contribution in [0.25, 0.3) is 6.08 Å². The zero-order chi connectivity index (χ0) is 25.4. The van der Waals surface area contributed by atoms with E-state index in [2.05, 4.69) is 5.32 Å². The van der Waals surface area contributed by atoms with Crippen LogP contribution in [0.3, 0.4) is 0 Å². The third-order valence-electron chi connectivity index (χ3n) is 5.30. The highest BCUT2D eigenvalue weighted by molar-refractivity contribution is 6.30. The molecule has 0 saturated carbocycles. The second-order valence-electron chi connectivity index (χ2n) is 7.73. The number of esters is 1. The maximum absolute atomic E-state index is 13.1. The minimum absolute atomic E-state index is 0.184. The Morgan fingerprint density at radius 3 is 2.51 bits per heavy atom. The molecule has 0 saturated heterocycles. The normalized spacial score (nSPS) is 14.5. The highest BCUT2D eigenvalue weighted by atomic mass is 35.5. The van der Waals surface area contributed by atoms with Gasteiger partial charge in [0, 0.05) is 36.7 Å². The van der Waals surface area contributed by atoms with Crippen LogP contribution < -0.4 is 10.1 Å². The fourth-order valence-electron chi connectivity index (χ4n) is 3.60. The first kappa shape index (κ1) is 26.0. The van der Waals surface area contributed by atoms with Crippen molar-refractivity contribution in [2.24, 2.45) is 0 Å². The molecule has 0 aliphatic carbocycles. The van der Waals surface area contributed by atoms with Crippen LogP contribution in [-0.4, -0.2) is 56.7 Å². The second kappa shape index (κ2) is 12.2. The van der Waals surface area contributed by atoms with E-state index in [-0.39, 0.29) is 29.6 Å². The van der Waals surface area contributed by atoms with Gasteiger partial charge in [-0.15, -0.1) is 0 Å². The Morgan fingerprint density at radius 1 is 1.11 bits per heavy atom. The van der Waals surface area contributed by atoms with Gasteiger partial charge in [-0.05, 0) is 55.3 Å². The molecule has 0 fully saturated rings. The van der Waals surface area contributed by atoms with Crippen LogP contribution in [0.2, 0.25) is 5.02 Å².